The largest absolute Gasteiger partial charge is 0.255 e. The molecule has 0 radical (unpaired) electrons. The molecular formula is C10H13NS2. The van der Waals surface area contributed by atoms with Crippen LogP contribution < -0.4 is 0 Å². The summed E-state index contributed by atoms with van der Waals surface area (Å²) in [5.41, 5.74) is 1.11. The Hall–Kier alpha value is -0.540. The van der Waals surface area contributed by atoms with Gasteiger partial charge in [-0.1, -0.05) is 13.8 Å². The SMILES string of the molecule is CC.CSc1cc2ncccc2s1. The van der Waals surface area contributed by atoms with Gasteiger partial charge >= 0.3 is 0 Å². The molecule has 0 saturated carbocycles. The van der Waals surface area contributed by atoms with Gasteiger partial charge in [-0.15, -0.1) is 23.1 Å². The first-order valence-electron chi connectivity index (χ1n) is 4.29. The van der Waals surface area contributed by atoms with Gasteiger partial charge in [0.2, 0.25) is 0 Å². The van der Waals surface area contributed by atoms with E-state index in [1.807, 2.05) is 26.1 Å². The van der Waals surface area contributed by atoms with Gasteiger partial charge in [0.15, 0.2) is 0 Å². The third-order valence-corrected chi connectivity index (χ3v) is 3.62. The monoisotopic (exact) mass is 211 g/mol. The fourth-order valence-corrected chi connectivity index (χ4v) is 2.53. The van der Waals surface area contributed by atoms with Crippen LogP contribution in [0.3, 0.4) is 0 Å². The summed E-state index contributed by atoms with van der Waals surface area (Å²) in [5, 5.41) is 0. The summed E-state index contributed by atoms with van der Waals surface area (Å²) < 4.78 is 2.61. The molecule has 0 saturated heterocycles. The lowest BCUT2D eigenvalue weighted by Gasteiger charge is -1.81. The first-order chi connectivity index (χ1) is 6.40. The summed E-state index contributed by atoms with van der Waals surface area (Å²) in [6.45, 7) is 4.00. The van der Waals surface area contributed by atoms with Crippen LogP contribution in [-0.2, 0) is 0 Å². The quantitative estimate of drug-likeness (QED) is 0.660. The van der Waals surface area contributed by atoms with Gasteiger partial charge in [-0.2, -0.15) is 0 Å². The van der Waals surface area contributed by atoms with Crippen LogP contribution in [-0.4, -0.2) is 11.2 Å². The first kappa shape index (κ1) is 10.5. The Labute approximate surface area is 87.2 Å². The molecule has 0 atom stereocenters. The minimum atomic E-state index is 1.11. The van der Waals surface area contributed by atoms with Crippen LogP contribution in [0.15, 0.2) is 28.6 Å². The van der Waals surface area contributed by atoms with Crippen molar-refractivity contribution in [2.75, 3.05) is 6.26 Å². The predicted octanol–water partition coefficient (Wildman–Crippen LogP) is 4.04. The summed E-state index contributed by atoms with van der Waals surface area (Å²) in [5.74, 6) is 0. The molecule has 0 unspecified atom stereocenters. The van der Waals surface area contributed by atoms with Crippen LogP contribution in [0.1, 0.15) is 13.8 Å². The van der Waals surface area contributed by atoms with E-state index in [9.17, 15) is 0 Å². The molecule has 0 aromatic carbocycles. The molecule has 0 N–H and O–H groups in total. The molecule has 0 bridgehead atoms. The summed E-state index contributed by atoms with van der Waals surface area (Å²) in [6.07, 6.45) is 3.92. The number of hydrogen-bond donors (Lipinski definition) is 0. The summed E-state index contributed by atoms with van der Waals surface area (Å²) in [7, 11) is 0. The van der Waals surface area contributed by atoms with Crippen molar-refractivity contribution in [2.24, 2.45) is 0 Å². The van der Waals surface area contributed by atoms with Crippen molar-refractivity contribution in [1.82, 2.24) is 4.98 Å². The minimum Gasteiger partial charge on any atom is -0.255 e. The molecule has 70 valence electrons. The standard InChI is InChI=1S/C8H7NS2.C2H6/c1-10-8-5-6-7(11-8)3-2-4-9-6;1-2/h2-5H,1H3;1-2H3. The van der Waals surface area contributed by atoms with Crippen molar-refractivity contribution >= 4 is 33.3 Å². The number of pyridine rings is 1. The maximum absolute atomic E-state index is 4.25. The zero-order valence-electron chi connectivity index (χ0n) is 8.07. The van der Waals surface area contributed by atoms with E-state index in [0.717, 1.165) is 5.52 Å². The van der Waals surface area contributed by atoms with Crippen LogP contribution in [0.5, 0.6) is 0 Å². The number of thioether (sulfide) groups is 1. The van der Waals surface area contributed by atoms with Gasteiger partial charge in [-0.05, 0) is 24.5 Å². The maximum atomic E-state index is 4.25. The summed E-state index contributed by atoms with van der Waals surface area (Å²) in [6, 6.07) is 6.21. The molecule has 0 amide bonds. The van der Waals surface area contributed by atoms with Gasteiger partial charge in [0, 0.05) is 6.20 Å². The molecule has 2 aromatic rings. The molecule has 2 rings (SSSR count). The van der Waals surface area contributed by atoms with E-state index in [1.165, 1.54) is 8.91 Å². The van der Waals surface area contributed by atoms with Crippen LogP contribution >= 0.6 is 23.1 Å². The average Bonchev–Trinajstić information content (AvgIpc) is 2.63. The van der Waals surface area contributed by atoms with Gasteiger partial charge in [0.25, 0.3) is 0 Å². The second kappa shape index (κ2) is 5.25. The highest BCUT2D eigenvalue weighted by Gasteiger charge is 1.98. The van der Waals surface area contributed by atoms with Crippen molar-refractivity contribution < 1.29 is 0 Å². The van der Waals surface area contributed by atoms with E-state index >= 15 is 0 Å². The highest BCUT2D eigenvalue weighted by Crippen LogP contribution is 2.29. The number of nitrogens with zero attached hydrogens (tertiary/aromatic N) is 1. The highest BCUT2D eigenvalue weighted by molar-refractivity contribution is 8.00. The Morgan fingerprint density at radius 3 is 2.77 bits per heavy atom. The van der Waals surface area contributed by atoms with E-state index in [0.29, 0.717) is 0 Å². The van der Waals surface area contributed by atoms with E-state index in [2.05, 4.69) is 23.4 Å². The fraction of sp³-hybridized carbons (Fsp3) is 0.300. The second-order valence-corrected chi connectivity index (χ2v) is 4.35. The van der Waals surface area contributed by atoms with Gasteiger partial charge in [0.05, 0.1) is 14.4 Å². The first-order valence-corrected chi connectivity index (χ1v) is 6.33. The Kier molecular flexibility index (Phi) is 4.25. The Balaban J connectivity index is 0.000000396. The Morgan fingerprint density at radius 2 is 2.15 bits per heavy atom. The van der Waals surface area contributed by atoms with Gasteiger partial charge < -0.3 is 0 Å². The van der Waals surface area contributed by atoms with Gasteiger partial charge in [0.1, 0.15) is 0 Å². The number of thiophene rings is 1. The van der Waals surface area contributed by atoms with Crippen LogP contribution in [0.2, 0.25) is 0 Å². The molecule has 0 aliphatic carbocycles. The molecule has 2 aromatic heterocycles. The molecule has 0 fully saturated rings. The molecule has 13 heavy (non-hydrogen) atoms. The molecule has 0 aliphatic rings. The third kappa shape index (κ3) is 2.45. The van der Waals surface area contributed by atoms with Crippen molar-refractivity contribution in [3.63, 3.8) is 0 Å². The molecule has 0 spiro atoms. The Bertz CT molecular complexity index is 335. The lowest BCUT2D eigenvalue weighted by Crippen LogP contribution is -1.66. The zero-order chi connectivity index (χ0) is 9.68. The molecular weight excluding hydrogens is 198 g/mol. The third-order valence-electron chi connectivity index (χ3n) is 1.47. The van der Waals surface area contributed by atoms with Crippen molar-refractivity contribution in [3.8, 4) is 0 Å². The number of aromatic nitrogens is 1. The van der Waals surface area contributed by atoms with Crippen LogP contribution in [0, 0.1) is 0 Å². The lowest BCUT2D eigenvalue weighted by atomic mass is 10.4. The smallest absolute Gasteiger partial charge is 0.0821 e. The topological polar surface area (TPSA) is 12.9 Å². The lowest BCUT2D eigenvalue weighted by molar-refractivity contribution is 1.42. The summed E-state index contributed by atoms with van der Waals surface area (Å²) >= 11 is 3.57. The van der Waals surface area contributed by atoms with Crippen molar-refractivity contribution in [3.05, 3.63) is 24.4 Å². The maximum Gasteiger partial charge on any atom is 0.0821 e. The van der Waals surface area contributed by atoms with E-state index in [1.54, 1.807) is 23.1 Å². The van der Waals surface area contributed by atoms with E-state index in [-0.39, 0.29) is 0 Å². The number of fused-ring (bicyclic) bond motifs is 1. The normalized spacial score (nSPS) is 9.46. The molecule has 2 heterocycles. The van der Waals surface area contributed by atoms with Gasteiger partial charge in [-0.3, -0.25) is 4.98 Å². The molecule has 3 heteroatoms. The number of rotatable bonds is 1. The Morgan fingerprint density at radius 1 is 1.38 bits per heavy atom. The van der Waals surface area contributed by atoms with Gasteiger partial charge in [-0.25, -0.2) is 0 Å². The van der Waals surface area contributed by atoms with E-state index < -0.39 is 0 Å². The second-order valence-electron chi connectivity index (χ2n) is 2.16. The van der Waals surface area contributed by atoms with Crippen molar-refractivity contribution in [1.29, 1.82) is 0 Å². The number of hydrogen-bond acceptors (Lipinski definition) is 3. The van der Waals surface area contributed by atoms with Crippen LogP contribution in [0.25, 0.3) is 10.2 Å². The zero-order valence-corrected chi connectivity index (χ0v) is 9.71. The van der Waals surface area contributed by atoms with Crippen molar-refractivity contribution in [2.45, 2.75) is 18.1 Å². The molecule has 0 aliphatic heterocycles. The highest BCUT2D eigenvalue weighted by atomic mass is 32.2. The van der Waals surface area contributed by atoms with E-state index in [4.69, 9.17) is 0 Å². The van der Waals surface area contributed by atoms with Crippen LogP contribution in [0.4, 0.5) is 0 Å². The summed E-state index contributed by atoms with van der Waals surface area (Å²) in [4.78, 5) is 4.25. The minimum absolute atomic E-state index is 1.11. The predicted molar refractivity (Wildman–Crippen MR) is 62.7 cm³/mol. The fourth-order valence-electron chi connectivity index (χ4n) is 0.948. The average molecular weight is 211 g/mol. The molecule has 1 nitrogen and oxygen atoms in total.